The van der Waals surface area contributed by atoms with Crippen LogP contribution in [0.25, 0.3) is 0 Å². The van der Waals surface area contributed by atoms with Gasteiger partial charge in [-0.05, 0) is 83.8 Å². The summed E-state index contributed by atoms with van der Waals surface area (Å²) in [5, 5.41) is 34.1. The molecule has 0 bridgehead atoms. The van der Waals surface area contributed by atoms with E-state index in [0.717, 1.165) is 6.42 Å². The van der Waals surface area contributed by atoms with E-state index in [2.05, 4.69) is 44.7 Å². The molecule has 79 heavy (non-hydrogen) atoms. The lowest BCUT2D eigenvalue weighted by Gasteiger charge is -2.61. The van der Waals surface area contributed by atoms with Gasteiger partial charge in [-0.15, -0.1) is 6.58 Å². The zero-order chi connectivity index (χ0) is 56.6. The highest BCUT2D eigenvalue weighted by Gasteiger charge is 2.65. The first-order chi connectivity index (χ1) is 36.9. The molecule has 0 radical (unpaired) electrons. The van der Waals surface area contributed by atoms with Crippen LogP contribution in [0, 0.1) is 5.92 Å². The average Bonchev–Trinajstić information content (AvgIpc) is 3.52. The standard InChI is InChI=1S/C55H82O22S2/c1-10-30(56)27(2)11-14-51(5,58)50-29(4)19-39-38(72-50)25-46-55(9,75-39)49(57)48-42(71-46)23-41-47(73-48)28(3)12-15-53(7)44(70-41)26-43-54(8,77-53)16-13-31-32(69-43)20-34-33(66-31)21-35-36(67-34)22-40-37(68-35)24-45(76-79(62,63)64)52(6,74-40)17-18-65-78(59,60)61/h10-11,14,28,30-50,56-58H,1-2,4,12-13,15-26H2,3,5-9H3,(H,59,60,61)(H,62,63,64)/b14-11-/t28-,30?,31+,32+,33-,34-,35+,36+,37-,38+,39+,40-,41+,42-,43-,44+,45+,46-,47+,48-,49-,50-,51-,52+,53-,54-,55-/m0/s1. The molecule has 446 valence electrons. The van der Waals surface area contributed by atoms with E-state index in [9.17, 15) is 36.7 Å². The number of aliphatic hydroxyl groups is 3. The third kappa shape index (κ3) is 11.5. The molecule has 0 aromatic carbocycles. The number of ether oxygens (including phenoxy) is 11. The van der Waals surface area contributed by atoms with Crippen molar-refractivity contribution < 1.29 is 102 Å². The van der Waals surface area contributed by atoms with E-state index in [0.29, 0.717) is 75.4 Å². The van der Waals surface area contributed by atoms with Crippen LogP contribution in [0.1, 0.15) is 125 Å². The smallest absolute Gasteiger partial charge is 0.387 e. The Morgan fingerprint density at radius 3 is 1.91 bits per heavy atom. The Morgan fingerprint density at radius 2 is 1.27 bits per heavy atom. The predicted molar refractivity (Wildman–Crippen MR) is 277 cm³/mol. The minimum Gasteiger partial charge on any atom is -0.387 e. The molecule has 0 spiro atoms. The highest BCUT2D eigenvalue weighted by Crippen LogP contribution is 2.54. The summed E-state index contributed by atoms with van der Waals surface area (Å²) in [6.07, 6.45) is -1.23. The maximum absolute atomic E-state index is 12.3. The van der Waals surface area contributed by atoms with Crippen molar-refractivity contribution in [3.63, 3.8) is 0 Å². The van der Waals surface area contributed by atoms with E-state index < -0.39 is 141 Å². The molecule has 0 aromatic heterocycles. The Hall–Kier alpha value is -1.86. The van der Waals surface area contributed by atoms with E-state index in [1.807, 2.05) is 6.92 Å². The van der Waals surface area contributed by atoms with E-state index in [1.54, 1.807) is 19.1 Å². The van der Waals surface area contributed by atoms with Gasteiger partial charge in [0.2, 0.25) is 0 Å². The van der Waals surface area contributed by atoms with Crippen molar-refractivity contribution in [3.05, 3.63) is 49.1 Å². The van der Waals surface area contributed by atoms with Crippen molar-refractivity contribution in [1.29, 1.82) is 0 Å². The number of aliphatic hydroxyl groups excluding tert-OH is 2. The SMILES string of the molecule is C=CC(O)C(=C)/C=C\[C@](C)(O)[C@H]1O[C@@H]2C[C@@H]3O[C@H]4C[C@H]5O[C@@H]6C[C@@H]7O[C@@H]8C[C@@H]9O[C@@H]%10C[C@@H]%11O[C@](C)(CCOS(=O)(=O)O)[C@H](OS(=O)(=O)O)C[C@@H]%11O[C@@H]%10C[C@@H]9O[C@@H]8CC[C@]7(C)O[C@@]6(C)CC[C@H](C)[C@H]5O[C@@H]4[C@H](O)[C@@]3(C)O[C@@H]2CC1=C. The monoisotopic (exact) mass is 1160 g/mol. The van der Waals surface area contributed by atoms with Gasteiger partial charge in [-0.25, -0.2) is 8.37 Å². The van der Waals surface area contributed by atoms with Gasteiger partial charge in [0, 0.05) is 51.4 Å². The zero-order valence-electron chi connectivity index (χ0n) is 45.9. The summed E-state index contributed by atoms with van der Waals surface area (Å²) in [5.74, 6) is 0.0510. The molecule has 11 heterocycles. The molecule has 11 fully saturated rings. The Kier molecular flexibility index (Phi) is 15.9. The van der Waals surface area contributed by atoms with Crippen LogP contribution in [0.4, 0.5) is 0 Å². The summed E-state index contributed by atoms with van der Waals surface area (Å²) < 4.78 is 151. The van der Waals surface area contributed by atoms with Crippen LogP contribution in [0.15, 0.2) is 49.1 Å². The van der Waals surface area contributed by atoms with Crippen molar-refractivity contribution in [2.75, 3.05) is 6.61 Å². The van der Waals surface area contributed by atoms with Gasteiger partial charge in [0.15, 0.2) is 0 Å². The van der Waals surface area contributed by atoms with Crippen molar-refractivity contribution in [1.82, 2.24) is 0 Å². The maximum atomic E-state index is 12.3. The van der Waals surface area contributed by atoms with Gasteiger partial charge in [-0.1, -0.05) is 38.3 Å². The number of fused-ring (bicyclic) bond motifs is 10. The van der Waals surface area contributed by atoms with E-state index >= 15 is 0 Å². The van der Waals surface area contributed by atoms with E-state index in [1.165, 1.54) is 13.0 Å². The topological polar surface area (TPSA) is 289 Å². The Labute approximate surface area is 463 Å². The van der Waals surface area contributed by atoms with Crippen LogP contribution >= 0.6 is 0 Å². The zero-order valence-corrected chi connectivity index (χ0v) is 47.6. The van der Waals surface area contributed by atoms with Gasteiger partial charge in [0.1, 0.15) is 35.6 Å². The molecule has 27 atom stereocenters. The molecule has 0 aliphatic carbocycles. The molecule has 11 rings (SSSR count). The van der Waals surface area contributed by atoms with E-state index in [4.69, 9.17) is 60.8 Å². The average molecular weight is 1160 g/mol. The fraction of sp³-hybridized carbons (Fsp3) is 0.855. The molecule has 11 aliphatic heterocycles. The molecule has 0 saturated carbocycles. The molecular weight excluding hydrogens is 1080 g/mol. The third-order valence-electron chi connectivity index (χ3n) is 19.8. The number of rotatable bonds is 11. The lowest BCUT2D eigenvalue weighted by molar-refractivity contribution is -0.369. The van der Waals surface area contributed by atoms with Gasteiger partial charge >= 0.3 is 20.8 Å². The minimum absolute atomic E-state index is 0.00274. The Bertz CT molecular complexity index is 2580. The first-order valence-corrected chi connectivity index (χ1v) is 31.0. The molecule has 0 aromatic rings. The fourth-order valence-electron chi connectivity index (χ4n) is 15.3. The van der Waals surface area contributed by atoms with Gasteiger partial charge in [-0.2, -0.15) is 16.8 Å². The Balaban J connectivity index is 0.748. The summed E-state index contributed by atoms with van der Waals surface area (Å²) in [7, 11) is -9.75. The van der Waals surface area contributed by atoms with E-state index in [-0.39, 0.29) is 61.5 Å². The third-order valence-corrected chi connectivity index (χ3v) is 20.7. The van der Waals surface area contributed by atoms with Gasteiger partial charge in [-0.3, -0.25) is 9.11 Å². The van der Waals surface area contributed by atoms with Crippen LogP contribution < -0.4 is 0 Å². The van der Waals surface area contributed by atoms with Crippen LogP contribution in [0.5, 0.6) is 0 Å². The van der Waals surface area contributed by atoms with Crippen LogP contribution in [0.2, 0.25) is 0 Å². The second-order valence-electron chi connectivity index (χ2n) is 25.6. The second kappa shape index (κ2) is 21.3. The molecule has 11 aliphatic rings. The molecule has 11 saturated heterocycles. The lowest BCUT2D eigenvalue weighted by Crippen LogP contribution is -2.74. The second-order valence-corrected chi connectivity index (χ2v) is 27.8. The van der Waals surface area contributed by atoms with Crippen LogP contribution in [0.3, 0.4) is 0 Å². The summed E-state index contributed by atoms with van der Waals surface area (Å²) in [6, 6.07) is 0. The maximum Gasteiger partial charge on any atom is 0.397 e. The summed E-state index contributed by atoms with van der Waals surface area (Å²) in [4.78, 5) is 0. The summed E-state index contributed by atoms with van der Waals surface area (Å²) >= 11 is 0. The highest BCUT2D eigenvalue weighted by molar-refractivity contribution is 7.81. The number of hydrogen-bond acceptors (Lipinski definition) is 20. The van der Waals surface area contributed by atoms with Crippen molar-refractivity contribution in [2.45, 2.75) is 281 Å². The normalized spacial score (nSPS) is 50.9. The minimum atomic E-state index is -4.95. The van der Waals surface area contributed by atoms with Crippen molar-refractivity contribution >= 4 is 20.8 Å². The first kappa shape index (κ1) is 58.9. The molecule has 22 nitrogen and oxygen atoms in total. The predicted octanol–water partition coefficient (Wildman–Crippen LogP) is 4.03. The molecule has 0 amide bonds. The molecule has 5 N–H and O–H groups in total. The molecular formula is C55H82O22S2. The Morgan fingerprint density at radius 1 is 0.709 bits per heavy atom. The largest absolute Gasteiger partial charge is 0.397 e. The fourth-order valence-corrected chi connectivity index (χ4v) is 16.1. The molecule has 1 unspecified atom stereocenters. The van der Waals surface area contributed by atoms with Crippen molar-refractivity contribution in [3.8, 4) is 0 Å². The lowest BCUT2D eigenvalue weighted by atomic mass is 9.73. The van der Waals surface area contributed by atoms with Gasteiger partial charge < -0.3 is 67.4 Å². The van der Waals surface area contributed by atoms with Gasteiger partial charge in [0.25, 0.3) is 0 Å². The summed E-state index contributed by atoms with van der Waals surface area (Å²) in [5.41, 5.74) is -4.40. The highest BCUT2D eigenvalue weighted by atomic mass is 32.3. The number of hydrogen-bond donors (Lipinski definition) is 5. The van der Waals surface area contributed by atoms with Crippen LogP contribution in [-0.4, -0.2) is 204 Å². The molecule has 24 heteroatoms. The summed E-state index contributed by atoms with van der Waals surface area (Å²) in [6.45, 7) is 22.7. The first-order valence-electron chi connectivity index (χ1n) is 28.3. The van der Waals surface area contributed by atoms with Crippen molar-refractivity contribution in [2.24, 2.45) is 5.92 Å². The van der Waals surface area contributed by atoms with Gasteiger partial charge in [0.05, 0.1) is 127 Å². The quantitative estimate of drug-likeness (QED) is 0.111. The van der Waals surface area contributed by atoms with Crippen LogP contribution in [-0.2, 0) is 81.3 Å².